The highest BCUT2D eigenvalue weighted by Gasteiger charge is 2.15. The normalized spacial score (nSPS) is 10.4. The minimum atomic E-state index is -0.455. The van der Waals surface area contributed by atoms with Gasteiger partial charge < -0.3 is 15.2 Å². The summed E-state index contributed by atoms with van der Waals surface area (Å²) in [6.45, 7) is 7.47. The average molecular weight is 303 g/mol. The average Bonchev–Trinajstić information content (AvgIpc) is 2.33. The van der Waals surface area contributed by atoms with Crippen molar-refractivity contribution in [3.05, 3.63) is 35.4 Å². The second-order valence-electron chi connectivity index (χ2n) is 5.40. The van der Waals surface area contributed by atoms with Crippen LogP contribution in [0.25, 0.3) is 0 Å². The summed E-state index contributed by atoms with van der Waals surface area (Å²) in [5.74, 6) is -0.759. The van der Waals surface area contributed by atoms with Crippen LogP contribution in [0.2, 0.25) is 0 Å². The molecule has 0 aromatic heterocycles. The van der Waals surface area contributed by atoms with E-state index < -0.39 is 17.5 Å². The van der Waals surface area contributed by atoms with Crippen LogP contribution in [-0.4, -0.2) is 30.0 Å². The maximum atomic E-state index is 12.3. The zero-order chi connectivity index (χ0) is 16.5. The van der Waals surface area contributed by atoms with Crippen LogP contribution in [0.15, 0.2) is 18.2 Å². The summed E-state index contributed by atoms with van der Waals surface area (Å²) in [7, 11) is 0. The van der Waals surface area contributed by atoms with E-state index >= 15 is 0 Å². The molecule has 0 unspecified atom stereocenters. The Morgan fingerprint density at radius 2 is 1.95 bits per heavy atom. The number of ether oxygens (including phenoxy) is 1. The number of carbonyl (C=O) groups excluding carboxylic acids is 1. The van der Waals surface area contributed by atoms with Crippen LogP contribution in [0.5, 0.6) is 0 Å². The van der Waals surface area contributed by atoms with Crippen LogP contribution in [0, 0.1) is 18.6 Å². The Morgan fingerprint density at radius 3 is 2.38 bits per heavy atom. The van der Waals surface area contributed by atoms with Crippen molar-refractivity contribution >= 4 is 6.09 Å². The summed E-state index contributed by atoms with van der Waals surface area (Å²) in [4.78, 5) is 10.9. The Hall–Kier alpha value is -1.69. The molecule has 1 rings (SSSR count). The number of aliphatic hydroxyl groups is 1. The van der Waals surface area contributed by atoms with E-state index in [4.69, 9.17) is 9.84 Å². The lowest BCUT2D eigenvalue weighted by Gasteiger charge is -2.19. The number of hydrogen-bond acceptors (Lipinski definition) is 3. The highest BCUT2D eigenvalue weighted by molar-refractivity contribution is 5.67. The summed E-state index contributed by atoms with van der Waals surface area (Å²) < 4.78 is 29.5. The molecule has 1 aromatic rings. The van der Waals surface area contributed by atoms with Crippen LogP contribution in [0.1, 0.15) is 32.8 Å². The van der Waals surface area contributed by atoms with Crippen molar-refractivity contribution in [3.8, 4) is 0 Å². The molecule has 0 aliphatic carbocycles. The van der Waals surface area contributed by atoms with Gasteiger partial charge in [0.1, 0.15) is 17.2 Å². The van der Waals surface area contributed by atoms with Crippen LogP contribution in [0.4, 0.5) is 13.6 Å². The lowest BCUT2D eigenvalue weighted by molar-refractivity contribution is 0.0525. The number of nitrogens with one attached hydrogen (secondary N) is 1. The molecule has 6 heteroatoms. The molecule has 4 nitrogen and oxygen atoms in total. The maximum Gasteiger partial charge on any atom is 0.407 e. The van der Waals surface area contributed by atoms with Gasteiger partial charge in [0.2, 0.25) is 0 Å². The zero-order valence-corrected chi connectivity index (χ0v) is 12.9. The van der Waals surface area contributed by atoms with Gasteiger partial charge in [-0.2, -0.15) is 0 Å². The van der Waals surface area contributed by atoms with Crippen LogP contribution in [0.3, 0.4) is 0 Å². The predicted octanol–water partition coefficient (Wildman–Crippen LogP) is 3.17. The summed E-state index contributed by atoms with van der Waals surface area (Å²) in [5, 5.41) is 10.9. The number of halogens is 2. The van der Waals surface area contributed by atoms with Crippen LogP contribution >= 0.6 is 0 Å². The Bertz CT molecular complexity index is 445. The monoisotopic (exact) mass is 303 g/mol. The lowest BCUT2D eigenvalue weighted by atomic mass is 10.2. The lowest BCUT2D eigenvalue weighted by Crippen LogP contribution is -2.33. The molecule has 0 spiro atoms. The van der Waals surface area contributed by atoms with Gasteiger partial charge in [-0.15, -0.1) is 0 Å². The van der Waals surface area contributed by atoms with Gasteiger partial charge in [0.25, 0.3) is 0 Å². The van der Waals surface area contributed by atoms with E-state index in [1.807, 2.05) is 0 Å². The van der Waals surface area contributed by atoms with Gasteiger partial charge in [-0.25, -0.2) is 13.6 Å². The largest absolute Gasteiger partial charge is 0.444 e. The third-order valence-corrected chi connectivity index (χ3v) is 2.12. The molecule has 0 aliphatic rings. The smallest absolute Gasteiger partial charge is 0.407 e. The molecule has 0 heterocycles. The Balaban J connectivity index is 0.000000394. The fourth-order valence-electron chi connectivity index (χ4n) is 1.19. The topological polar surface area (TPSA) is 58.6 Å². The van der Waals surface area contributed by atoms with Gasteiger partial charge in [0.15, 0.2) is 0 Å². The molecule has 21 heavy (non-hydrogen) atoms. The third kappa shape index (κ3) is 10.7. The van der Waals surface area contributed by atoms with E-state index in [0.29, 0.717) is 18.5 Å². The quantitative estimate of drug-likeness (QED) is 0.843. The predicted molar refractivity (Wildman–Crippen MR) is 77.0 cm³/mol. The van der Waals surface area contributed by atoms with Crippen molar-refractivity contribution in [2.75, 3.05) is 13.2 Å². The summed E-state index contributed by atoms with van der Waals surface area (Å²) in [6.07, 6.45) is 0.120. The van der Waals surface area contributed by atoms with Crippen molar-refractivity contribution < 1.29 is 23.4 Å². The molecule has 0 atom stereocenters. The Labute approximate surface area is 124 Å². The van der Waals surface area contributed by atoms with Gasteiger partial charge in [-0.3, -0.25) is 0 Å². The van der Waals surface area contributed by atoms with Crippen molar-refractivity contribution in [3.63, 3.8) is 0 Å². The molecule has 0 fully saturated rings. The summed E-state index contributed by atoms with van der Waals surface area (Å²) in [6, 6.07) is 3.38. The second-order valence-corrected chi connectivity index (χ2v) is 5.40. The minimum absolute atomic E-state index is 0.0792. The van der Waals surface area contributed by atoms with E-state index in [1.54, 1.807) is 20.8 Å². The van der Waals surface area contributed by atoms with Gasteiger partial charge in [-0.1, -0.05) is 0 Å². The number of carbonyl (C=O) groups is 1. The number of alkyl carbamates (subject to hydrolysis) is 1. The second kappa shape index (κ2) is 9.28. The molecule has 0 saturated heterocycles. The number of aryl methyl sites for hydroxylation is 1. The molecule has 0 radical (unpaired) electrons. The first-order valence-corrected chi connectivity index (χ1v) is 6.65. The van der Waals surface area contributed by atoms with Crippen molar-refractivity contribution in [2.24, 2.45) is 0 Å². The molecule has 1 aromatic carbocycles. The van der Waals surface area contributed by atoms with Crippen molar-refractivity contribution in [1.82, 2.24) is 5.32 Å². The molecule has 120 valence electrons. The highest BCUT2D eigenvalue weighted by atomic mass is 19.1. The third-order valence-electron chi connectivity index (χ3n) is 2.12. The van der Waals surface area contributed by atoms with Crippen LogP contribution in [-0.2, 0) is 4.74 Å². The molecular weight excluding hydrogens is 280 g/mol. The highest BCUT2D eigenvalue weighted by Crippen LogP contribution is 2.07. The van der Waals surface area contributed by atoms with E-state index in [0.717, 1.165) is 18.2 Å². The summed E-state index contributed by atoms with van der Waals surface area (Å²) in [5.41, 5.74) is -0.112. The standard InChI is InChI=1S/C8H17NO3.C7H6F2/c1-8(2,3)12-7(11)9-5-4-6-10;1-5-4-6(8)2-3-7(5)9/h10H,4-6H2,1-3H3,(H,9,11);2-4H,1H3. The van der Waals surface area contributed by atoms with Crippen molar-refractivity contribution in [1.29, 1.82) is 0 Å². The fourth-order valence-corrected chi connectivity index (χ4v) is 1.19. The maximum absolute atomic E-state index is 12.3. The molecule has 0 saturated carbocycles. The van der Waals surface area contributed by atoms with Crippen molar-refractivity contribution in [2.45, 2.75) is 39.7 Å². The van der Waals surface area contributed by atoms with Gasteiger partial charge in [-0.05, 0) is 57.9 Å². The number of benzene rings is 1. The molecule has 0 bridgehead atoms. The number of amides is 1. The van der Waals surface area contributed by atoms with E-state index in [1.165, 1.54) is 6.92 Å². The first-order chi connectivity index (χ1) is 9.65. The first-order valence-electron chi connectivity index (χ1n) is 6.65. The molecule has 0 aliphatic heterocycles. The summed E-state index contributed by atoms with van der Waals surface area (Å²) >= 11 is 0. The minimum Gasteiger partial charge on any atom is -0.444 e. The number of rotatable bonds is 3. The number of hydrogen-bond donors (Lipinski definition) is 2. The first kappa shape index (κ1) is 19.3. The van der Waals surface area contributed by atoms with E-state index in [-0.39, 0.29) is 12.4 Å². The fraction of sp³-hybridized carbons (Fsp3) is 0.533. The Kier molecular flexibility index (Phi) is 8.54. The molecular formula is C15H23F2NO3. The van der Waals surface area contributed by atoms with Gasteiger partial charge in [0, 0.05) is 13.2 Å². The van der Waals surface area contributed by atoms with E-state index in [2.05, 4.69) is 5.32 Å². The molecule has 2 N–H and O–H groups in total. The van der Waals surface area contributed by atoms with Crippen LogP contribution < -0.4 is 5.32 Å². The van der Waals surface area contributed by atoms with Gasteiger partial charge >= 0.3 is 6.09 Å². The van der Waals surface area contributed by atoms with Gasteiger partial charge in [0.05, 0.1) is 0 Å². The van der Waals surface area contributed by atoms with E-state index in [9.17, 15) is 13.6 Å². The molecule has 1 amide bonds. The zero-order valence-electron chi connectivity index (χ0n) is 12.9. The Morgan fingerprint density at radius 1 is 1.33 bits per heavy atom. The number of aliphatic hydroxyl groups excluding tert-OH is 1. The SMILES string of the molecule is CC(C)(C)OC(=O)NCCCO.Cc1cc(F)ccc1F.